The van der Waals surface area contributed by atoms with E-state index in [4.69, 9.17) is 19.9 Å². The molecule has 1 aromatic carbocycles. The molecule has 0 saturated carbocycles. The second kappa shape index (κ2) is 6.61. The third-order valence-corrected chi connectivity index (χ3v) is 3.34. The predicted molar refractivity (Wildman–Crippen MR) is 76.9 cm³/mol. The highest BCUT2D eigenvalue weighted by atomic mass is 16.5. The molecule has 5 heteroatoms. The minimum absolute atomic E-state index is 0.349. The van der Waals surface area contributed by atoms with Crippen LogP contribution in [0.2, 0.25) is 0 Å². The van der Waals surface area contributed by atoms with Gasteiger partial charge in [-0.3, -0.25) is 4.79 Å². The summed E-state index contributed by atoms with van der Waals surface area (Å²) in [4.78, 5) is 11.8. The number of ether oxygens (including phenoxy) is 3. The van der Waals surface area contributed by atoms with E-state index >= 15 is 0 Å². The minimum atomic E-state index is -0.826. The summed E-state index contributed by atoms with van der Waals surface area (Å²) in [7, 11) is 2.92. The molecule has 0 aliphatic carbocycles. The molecule has 0 aliphatic rings. The van der Waals surface area contributed by atoms with Crippen molar-refractivity contribution in [3.05, 3.63) is 23.8 Å². The fraction of sp³-hybridized carbons (Fsp3) is 0.533. The van der Waals surface area contributed by atoms with Crippen molar-refractivity contribution in [2.24, 2.45) is 11.1 Å². The first-order valence-corrected chi connectivity index (χ1v) is 6.53. The normalized spacial score (nSPS) is 12.7. The number of rotatable bonds is 6. The number of methoxy groups -OCH3 is 2. The molecule has 0 aromatic heterocycles. The molecule has 2 N–H and O–H groups in total. The number of nitrogens with two attached hydrogens (primary N) is 1. The van der Waals surface area contributed by atoms with Crippen molar-refractivity contribution in [2.45, 2.75) is 26.8 Å². The molecule has 1 rings (SSSR count). The minimum Gasteiger partial charge on any atom is -0.493 e. The van der Waals surface area contributed by atoms with Gasteiger partial charge in [-0.25, -0.2) is 0 Å². The maximum absolute atomic E-state index is 11.8. The van der Waals surface area contributed by atoms with Crippen molar-refractivity contribution in [1.29, 1.82) is 0 Å². The topological polar surface area (TPSA) is 70.8 Å². The Balaban J connectivity index is 3.11. The lowest BCUT2D eigenvalue weighted by molar-refractivity contribution is -0.152. The summed E-state index contributed by atoms with van der Waals surface area (Å²) >= 11 is 0. The number of hydrogen-bond donors (Lipinski definition) is 1. The second-order valence-electron chi connectivity index (χ2n) is 5.03. The van der Waals surface area contributed by atoms with E-state index in [0.29, 0.717) is 18.1 Å². The number of hydrogen-bond acceptors (Lipinski definition) is 5. The van der Waals surface area contributed by atoms with Gasteiger partial charge in [0.15, 0.2) is 11.5 Å². The zero-order chi connectivity index (χ0) is 15.3. The molecular formula is C15H23NO4. The number of carbonyl (C=O) groups is 1. The maximum Gasteiger partial charge on any atom is 0.313 e. The maximum atomic E-state index is 11.8. The summed E-state index contributed by atoms with van der Waals surface area (Å²) in [6.07, 6.45) is 0. The van der Waals surface area contributed by atoms with E-state index in [1.807, 2.05) is 13.0 Å². The van der Waals surface area contributed by atoms with Gasteiger partial charge < -0.3 is 19.9 Å². The van der Waals surface area contributed by atoms with E-state index in [2.05, 4.69) is 0 Å². The molecule has 20 heavy (non-hydrogen) atoms. The average Bonchev–Trinajstić information content (AvgIpc) is 2.46. The molecule has 0 bridgehead atoms. The van der Waals surface area contributed by atoms with Crippen molar-refractivity contribution in [3.8, 4) is 11.5 Å². The zero-order valence-corrected chi connectivity index (χ0v) is 12.7. The Morgan fingerprint density at radius 2 is 1.95 bits per heavy atom. The number of esters is 1. The van der Waals surface area contributed by atoms with Crippen LogP contribution in [0.15, 0.2) is 18.2 Å². The van der Waals surface area contributed by atoms with Gasteiger partial charge in [-0.2, -0.15) is 0 Å². The van der Waals surface area contributed by atoms with Crippen molar-refractivity contribution < 1.29 is 19.0 Å². The Labute approximate surface area is 120 Å². The first-order valence-electron chi connectivity index (χ1n) is 6.53. The van der Waals surface area contributed by atoms with Crippen molar-refractivity contribution in [3.63, 3.8) is 0 Å². The van der Waals surface area contributed by atoms with Crippen LogP contribution in [-0.2, 0) is 9.53 Å². The van der Waals surface area contributed by atoms with Gasteiger partial charge in [-0.05, 0) is 38.5 Å². The Morgan fingerprint density at radius 1 is 1.30 bits per heavy atom. The summed E-state index contributed by atoms with van der Waals surface area (Å²) in [5.74, 6) is 0.903. The smallest absolute Gasteiger partial charge is 0.313 e. The van der Waals surface area contributed by atoms with Gasteiger partial charge in [-0.1, -0.05) is 6.07 Å². The Kier molecular flexibility index (Phi) is 5.39. The molecule has 0 heterocycles. The molecule has 1 atom stereocenters. The summed E-state index contributed by atoms with van der Waals surface area (Å²) in [6.45, 7) is 5.97. The fourth-order valence-corrected chi connectivity index (χ4v) is 1.96. The van der Waals surface area contributed by atoms with Gasteiger partial charge in [0.25, 0.3) is 0 Å². The molecule has 0 saturated heterocycles. The zero-order valence-electron chi connectivity index (χ0n) is 12.7. The standard InChI is InChI=1S/C15H23NO4/c1-6-20-11-8-7-10(9-12(11)18-4)13(16)15(2,3)14(17)19-5/h7-9,13H,6,16H2,1-5H3/t13-/m1/s1. The molecule has 1 aromatic rings. The van der Waals surface area contributed by atoms with E-state index in [0.717, 1.165) is 5.56 Å². The molecule has 112 valence electrons. The lowest BCUT2D eigenvalue weighted by Gasteiger charge is -2.29. The van der Waals surface area contributed by atoms with Gasteiger partial charge in [0.1, 0.15) is 0 Å². The molecule has 0 radical (unpaired) electrons. The first-order chi connectivity index (χ1) is 9.38. The van der Waals surface area contributed by atoms with Crippen molar-refractivity contribution >= 4 is 5.97 Å². The van der Waals surface area contributed by atoms with Crippen LogP contribution in [0.25, 0.3) is 0 Å². The van der Waals surface area contributed by atoms with Crippen molar-refractivity contribution in [1.82, 2.24) is 0 Å². The third kappa shape index (κ3) is 3.22. The predicted octanol–water partition coefficient (Wildman–Crippen LogP) is 2.29. The van der Waals surface area contributed by atoms with E-state index in [9.17, 15) is 4.79 Å². The summed E-state index contributed by atoms with van der Waals surface area (Å²) in [5.41, 5.74) is 6.17. The molecule has 0 unspecified atom stereocenters. The van der Waals surface area contributed by atoms with Crippen LogP contribution >= 0.6 is 0 Å². The largest absolute Gasteiger partial charge is 0.493 e. The summed E-state index contributed by atoms with van der Waals surface area (Å²) in [5, 5.41) is 0. The number of benzene rings is 1. The Hall–Kier alpha value is -1.75. The van der Waals surface area contributed by atoms with Crippen LogP contribution in [0.3, 0.4) is 0 Å². The first kappa shape index (κ1) is 16.3. The summed E-state index contributed by atoms with van der Waals surface area (Å²) in [6, 6.07) is 4.92. The molecule has 0 fully saturated rings. The van der Waals surface area contributed by atoms with Crippen molar-refractivity contribution in [2.75, 3.05) is 20.8 Å². The molecular weight excluding hydrogens is 258 g/mol. The van der Waals surface area contributed by atoms with E-state index in [1.54, 1.807) is 33.1 Å². The highest BCUT2D eigenvalue weighted by molar-refractivity contribution is 5.77. The van der Waals surface area contributed by atoms with E-state index in [1.165, 1.54) is 7.11 Å². The van der Waals surface area contributed by atoms with Crippen LogP contribution in [0.1, 0.15) is 32.4 Å². The van der Waals surface area contributed by atoms with E-state index in [-0.39, 0.29) is 5.97 Å². The second-order valence-corrected chi connectivity index (χ2v) is 5.03. The van der Waals surface area contributed by atoms with Gasteiger partial charge >= 0.3 is 5.97 Å². The average molecular weight is 281 g/mol. The van der Waals surface area contributed by atoms with Crippen LogP contribution in [-0.4, -0.2) is 26.8 Å². The molecule has 5 nitrogen and oxygen atoms in total. The summed E-state index contributed by atoms with van der Waals surface area (Å²) < 4.78 is 15.6. The van der Waals surface area contributed by atoms with Gasteiger partial charge in [0.05, 0.1) is 26.2 Å². The van der Waals surface area contributed by atoms with E-state index < -0.39 is 11.5 Å². The van der Waals surface area contributed by atoms with Gasteiger partial charge in [-0.15, -0.1) is 0 Å². The quantitative estimate of drug-likeness (QED) is 0.810. The fourth-order valence-electron chi connectivity index (χ4n) is 1.96. The lowest BCUT2D eigenvalue weighted by atomic mass is 9.81. The van der Waals surface area contributed by atoms with Crippen LogP contribution in [0, 0.1) is 5.41 Å². The Morgan fingerprint density at radius 3 is 2.45 bits per heavy atom. The van der Waals surface area contributed by atoms with Gasteiger partial charge in [0.2, 0.25) is 0 Å². The van der Waals surface area contributed by atoms with Crippen LogP contribution < -0.4 is 15.2 Å². The van der Waals surface area contributed by atoms with Crippen LogP contribution in [0.5, 0.6) is 11.5 Å². The SMILES string of the molecule is CCOc1ccc([C@@H](N)C(C)(C)C(=O)OC)cc1OC. The molecule has 0 aliphatic heterocycles. The number of carbonyl (C=O) groups excluding carboxylic acids is 1. The highest BCUT2D eigenvalue weighted by Gasteiger charge is 2.36. The van der Waals surface area contributed by atoms with Crippen LogP contribution in [0.4, 0.5) is 0 Å². The monoisotopic (exact) mass is 281 g/mol. The highest BCUT2D eigenvalue weighted by Crippen LogP contribution is 2.36. The van der Waals surface area contributed by atoms with Gasteiger partial charge in [0, 0.05) is 6.04 Å². The molecule has 0 spiro atoms. The Bertz CT molecular complexity index is 471. The lowest BCUT2D eigenvalue weighted by Crippen LogP contribution is -2.37. The molecule has 0 amide bonds. The third-order valence-electron chi connectivity index (χ3n) is 3.34.